The molecule has 3 rings (SSSR count). The number of sulfonamides is 1. The summed E-state index contributed by atoms with van der Waals surface area (Å²) < 4.78 is 40.4. The number of hydrogen-bond acceptors (Lipinski definition) is 5. The molecule has 1 aromatic rings. The minimum absolute atomic E-state index is 0.0135. The van der Waals surface area contributed by atoms with E-state index in [1.165, 1.54) is 16.4 Å². The molecule has 0 atom stereocenters. The van der Waals surface area contributed by atoms with Crippen molar-refractivity contribution in [3.05, 3.63) is 35.6 Å². The van der Waals surface area contributed by atoms with Gasteiger partial charge in [0.1, 0.15) is 5.82 Å². The van der Waals surface area contributed by atoms with Gasteiger partial charge in [-0.05, 0) is 38.9 Å². The first-order chi connectivity index (χ1) is 14.3. The Kier molecular flexibility index (Phi) is 8.21. The molecule has 168 valence electrons. The van der Waals surface area contributed by atoms with Gasteiger partial charge in [0.2, 0.25) is 15.9 Å². The fraction of sp³-hybridized carbons (Fsp3) is 0.667. The quantitative estimate of drug-likeness (QED) is 0.614. The lowest BCUT2D eigenvalue weighted by atomic mass is 9.97. The lowest BCUT2D eigenvalue weighted by Gasteiger charge is -2.32. The second kappa shape index (κ2) is 10.7. The van der Waals surface area contributed by atoms with Crippen LogP contribution < -0.4 is 5.32 Å². The number of halogens is 1. The Labute approximate surface area is 179 Å². The summed E-state index contributed by atoms with van der Waals surface area (Å²) in [6.07, 6.45) is 1.92. The Morgan fingerprint density at radius 3 is 2.43 bits per heavy atom. The number of hydrogen-bond donors (Lipinski definition) is 1. The number of carbonyl (C=O) groups is 1. The summed E-state index contributed by atoms with van der Waals surface area (Å²) in [6.45, 7) is 6.56. The van der Waals surface area contributed by atoms with Crippen molar-refractivity contribution in [1.82, 2.24) is 19.4 Å². The molecule has 0 unspecified atom stereocenters. The van der Waals surface area contributed by atoms with Crippen molar-refractivity contribution in [2.24, 2.45) is 5.92 Å². The van der Waals surface area contributed by atoms with E-state index in [4.69, 9.17) is 0 Å². The largest absolute Gasteiger partial charge is 0.356 e. The van der Waals surface area contributed by atoms with Crippen LogP contribution in [0.25, 0.3) is 0 Å². The van der Waals surface area contributed by atoms with Crippen LogP contribution in [0.2, 0.25) is 0 Å². The maximum atomic E-state index is 13.8. The Balaban J connectivity index is 1.37. The Morgan fingerprint density at radius 2 is 1.77 bits per heavy atom. The van der Waals surface area contributed by atoms with Crippen LogP contribution in [0.15, 0.2) is 24.3 Å². The van der Waals surface area contributed by atoms with Crippen molar-refractivity contribution in [1.29, 1.82) is 0 Å². The number of piperidine rings is 1. The third-order valence-electron chi connectivity index (χ3n) is 6.06. The molecule has 0 aliphatic carbocycles. The molecule has 0 bridgehead atoms. The smallest absolute Gasteiger partial charge is 0.223 e. The minimum Gasteiger partial charge on any atom is -0.356 e. The van der Waals surface area contributed by atoms with E-state index in [1.807, 2.05) is 0 Å². The van der Waals surface area contributed by atoms with Gasteiger partial charge in [-0.1, -0.05) is 18.2 Å². The molecule has 9 heteroatoms. The lowest BCUT2D eigenvalue weighted by molar-refractivity contribution is -0.126. The molecule has 2 aliphatic rings. The summed E-state index contributed by atoms with van der Waals surface area (Å²) in [7, 11) is -1.46. The van der Waals surface area contributed by atoms with Gasteiger partial charge >= 0.3 is 0 Å². The summed E-state index contributed by atoms with van der Waals surface area (Å²) >= 11 is 0. The summed E-state index contributed by atoms with van der Waals surface area (Å²) in [4.78, 5) is 17.2. The predicted octanol–water partition coefficient (Wildman–Crippen LogP) is 1.12. The molecule has 2 fully saturated rings. The van der Waals surface area contributed by atoms with Crippen LogP contribution in [0.3, 0.4) is 0 Å². The zero-order valence-electron chi connectivity index (χ0n) is 17.7. The highest BCUT2D eigenvalue weighted by molar-refractivity contribution is 7.88. The minimum atomic E-state index is -3.59. The number of nitrogens with zero attached hydrogens (tertiary/aromatic N) is 3. The van der Waals surface area contributed by atoms with E-state index in [2.05, 4.69) is 22.2 Å². The second-order valence-corrected chi connectivity index (χ2v) is 10.3. The molecular weight excluding hydrogens is 407 g/mol. The lowest BCUT2D eigenvalue weighted by Crippen LogP contribution is -2.45. The molecule has 2 heterocycles. The number of benzene rings is 1. The molecule has 0 spiro atoms. The molecule has 0 aromatic heterocycles. The fourth-order valence-corrected chi connectivity index (χ4v) is 5.61. The van der Waals surface area contributed by atoms with E-state index in [1.54, 1.807) is 12.1 Å². The molecule has 0 radical (unpaired) electrons. The number of piperazine rings is 1. The third-order valence-corrected chi connectivity index (χ3v) is 7.89. The third kappa shape index (κ3) is 6.47. The van der Waals surface area contributed by atoms with Crippen molar-refractivity contribution in [2.75, 3.05) is 59.4 Å². The Morgan fingerprint density at radius 1 is 1.10 bits per heavy atom. The van der Waals surface area contributed by atoms with Crippen LogP contribution in [-0.2, 0) is 20.6 Å². The number of amides is 1. The van der Waals surface area contributed by atoms with Gasteiger partial charge in [0.25, 0.3) is 0 Å². The average molecular weight is 441 g/mol. The zero-order chi connectivity index (χ0) is 21.6. The standard InChI is InChI=1S/C21H33FN4O3S/c1-24-13-15-25(16-14-24)10-4-9-23-21(27)18-7-11-26(12-8-18)30(28,29)17-19-5-2-3-6-20(19)22/h2-3,5-6,18H,4,7-17H2,1H3,(H,23,27). The van der Waals surface area contributed by atoms with Gasteiger partial charge in [0.05, 0.1) is 5.75 Å². The summed E-state index contributed by atoms with van der Waals surface area (Å²) in [5.74, 6) is -0.997. The van der Waals surface area contributed by atoms with E-state index < -0.39 is 15.8 Å². The first-order valence-electron chi connectivity index (χ1n) is 10.7. The van der Waals surface area contributed by atoms with Crippen LogP contribution in [-0.4, -0.2) is 87.8 Å². The van der Waals surface area contributed by atoms with Crippen molar-refractivity contribution in [3.8, 4) is 0 Å². The zero-order valence-corrected chi connectivity index (χ0v) is 18.5. The molecule has 7 nitrogen and oxygen atoms in total. The van der Waals surface area contributed by atoms with Crippen LogP contribution in [0.1, 0.15) is 24.8 Å². The molecule has 1 N–H and O–H groups in total. The fourth-order valence-electron chi connectivity index (χ4n) is 4.03. The van der Waals surface area contributed by atoms with Gasteiger partial charge < -0.3 is 15.1 Å². The SMILES string of the molecule is CN1CCN(CCCNC(=O)C2CCN(S(=O)(=O)Cc3ccccc3F)CC2)CC1. The normalized spacial score (nSPS) is 20.3. The predicted molar refractivity (Wildman–Crippen MR) is 115 cm³/mol. The highest BCUT2D eigenvalue weighted by atomic mass is 32.2. The van der Waals surface area contributed by atoms with E-state index in [9.17, 15) is 17.6 Å². The maximum absolute atomic E-state index is 13.8. The molecule has 0 saturated carbocycles. The van der Waals surface area contributed by atoms with Gasteiger partial charge in [-0.3, -0.25) is 4.79 Å². The van der Waals surface area contributed by atoms with Crippen LogP contribution in [0.4, 0.5) is 4.39 Å². The van der Waals surface area contributed by atoms with Gasteiger partial charge in [0, 0.05) is 57.3 Å². The number of likely N-dealkylation sites (N-methyl/N-ethyl adjacent to an activating group) is 1. The second-order valence-electron chi connectivity index (χ2n) is 8.31. The highest BCUT2D eigenvalue weighted by Gasteiger charge is 2.31. The summed E-state index contributed by atoms with van der Waals surface area (Å²) in [5, 5.41) is 3.01. The van der Waals surface area contributed by atoms with E-state index in [-0.39, 0.29) is 23.1 Å². The van der Waals surface area contributed by atoms with Gasteiger partial charge in [-0.25, -0.2) is 17.1 Å². The Bertz CT molecular complexity index is 804. The van der Waals surface area contributed by atoms with Crippen molar-refractivity contribution in [3.63, 3.8) is 0 Å². The molecule has 30 heavy (non-hydrogen) atoms. The first kappa shape index (κ1) is 23.1. The molecule has 1 amide bonds. The number of carbonyl (C=O) groups excluding carboxylic acids is 1. The molecule has 2 aliphatic heterocycles. The molecule has 1 aromatic carbocycles. The monoisotopic (exact) mass is 440 g/mol. The van der Waals surface area contributed by atoms with Crippen LogP contribution in [0.5, 0.6) is 0 Å². The highest BCUT2D eigenvalue weighted by Crippen LogP contribution is 2.22. The number of nitrogens with one attached hydrogen (secondary N) is 1. The summed E-state index contributed by atoms with van der Waals surface area (Å²) in [5.41, 5.74) is 0.178. The van der Waals surface area contributed by atoms with E-state index >= 15 is 0 Å². The van der Waals surface area contributed by atoms with E-state index in [0.29, 0.717) is 32.5 Å². The van der Waals surface area contributed by atoms with Crippen molar-refractivity contribution < 1.29 is 17.6 Å². The van der Waals surface area contributed by atoms with Crippen LogP contribution >= 0.6 is 0 Å². The number of rotatable bonds is 8. The van der Waals surface area contributed by atoms with Gasteiger partial charge in [-0.2, -0.15) is 0 Å². The van der Waals surface area contributed by atoms with Crippen molar-refractivity contribution >= 4 is 15.9 Å². The maximum Gasteiger partial charge on any atom is 0.223 e. The Hall–Kier alpha value is -1.55. The van der Waals surface area contributed by atoms with Crippen LogP contribution in [0, 0.1) is 11.7 Å². The van der Waals surface area contributed by atoms with E-state index in [0.717, 1.165) is 39.1 Å². The molecule has 2 saturated heterocycles. The van der Waals surface area contributed by atoms with Gasteiger partial charge in [-0.15, -0.1) is 0 Å². The molecular formula is C21H33FN4O3S. The van der Waals surface area contributed by atoms with Crippen molar-refractivity contribution in [2.45, 2.75) is 25.0 Å². The average Bonchev–Trinajstić information content (AvgIpc) is 2.74. The van der Waals surface area contributed by atoms with Gasteiger partial charge in [0.15, 0.2) is 0 Å². The summed E-state index contributed by atoms with van der Waals surface area (Å²) in [6, 6.07) is 5.94. The first-order valence-corrected chi connectivity index (χ1v) is 12.4. The topological polar surface area (TPSA) is 73.0 Å².